The highest BCUT2D eigenvalue weighted by atomic mass is 15.3. The number of H-pyrrole nitrogens is 1. The van der Waals surface area contributed by atoms with Gasteiger partial charge in [0, 0.05) is 42.8 Å². The van der Waals surface area contributed by atoms with Crippen LogP contribution in [0.3, 0.4) is 0 Å². The minimum atomic E-state index is 0.372. The number of aromatic amines is 1. The van der Waals surface area contributed by atoms with E-state index in [1.54, 1.807) is 6.21 Å². The summed E-state index contributed by atoms with van der Waals surface area (Å²) in [5, 5.41) is 19.6. The number of aromatic nitrogens is 2. The minimum Gasteiger partial charge on any atom is -0.382 e. The zero-order chi connectivity index (χ0) is 16.2. The Bertz CT molecular complexity index is 766. The highest BCUT2D eigenvalue weighted by Crippen LogP contribution is 2.16. The first-order valence-electron chi connectivity index (χ1n) is 7.61. The largest absolute Gasteiger partial charge is 0.382 e. The Labute approximate surface area is 135 Å². The topological polar surface area (TPSA) is 94.7 Å². The molecule has 3 rings (SSSR count). The molecule has 0 spiro atoms. The number of amidine groups is 1. The van der Waals surface area contributed by atoms with Crippen LogP contribution in [0.2, 0.25) is 0 Å². The number of nitrogens with two attached hydrogens (primary N) is 1. The maximum absolute atomic E-state index is 6.02. The number of nitrogens with one attached hydrogen (secondary N) is 2. The SMILES string of the molecule is C=C(/C=N\N=C(/N)c1ccc2[nH]nc(C)c2c1)N1CCNCC1. The zero-order valence-corrected chi connectivity index (χ0v) is 13.2. The number of hydrogen-bond donors (Lipinski definition) is 3. The van der Waals surface area contributed by atoms with Crippen molar-refractivity contribution in [2.24, 2.45) is 15.9 Å². The van der Waals surface area contributed by atoms with Gasteiger partial charge in [-0.15, -0.1) is 5.10 Å². The highest BCUT2D eigenvalue weighted by Gasteiger charge is 2.09. The number of rotatable bonds is 4. The molecule has 0 bridgehead atoms. The summed E-state index contributed by atoms with van der Waals surface area (Å²) in [6, 6.07) is 5.81. The summed E-state index contributed by atoms with van der Waals surface area (Å²) in [7, 11) is 0. The van der Waals surface area contributed by atoms with E-state index in [9.17, 15) is 0 Å². The first-order chi connectivity index (χ1) is 11.1. The molecule has 0 unspecified atom stereocenters. The monoisotopic (exact) mass is 311 g/mol. The summed E-state index contributed by atoms with van der Waals surface area (Å²) in [5.41, 5.74) is 9.62. The second-order valence-electron chi connectivity index (χ2n) is 5.53. The third kappa shape index (κ3) is 3.40. The minimum absolute atomic E-state index is 0.372. The molecule has 1 aromatic heterocycles. The van der Waals surface area contributed by atoms with E-state index in [1.165, 1.54) is 0 Å². The van der Waals surface area contributed by atoms with Crippen LogP contribution < -0.4 is 11.1 Å². The van der Waals surface area contributed by atoms with Crippen LogP contribution in [-0.2, 0) is 0 Å². The maximum Gasteiger partial charge on any atom is 0.153 e. The lowest BCUT2D eigenvalue weighted by atomic mass is 10.1. The molecule has 7 heteroatoms. The van der Waals surface area contributed by atoms with Gasteiger partial charge in [0.2, 0.25) is 0 Å². The Morgan fingerprint density at radius 2 is 2.17 bits per heavy atom. The highest BCUT2D eigenvalue weighted by molar-refractivity contribution is 6.01. The summed E-state index contributed by atoms with van der Waals surface area (Å²) < 4.78 is 0. The molecule has 1 saturated heterocycles. The van der Waals surface area contributed by atoms with E-state index in [-0.39, 0.29) is 0 Å². The Kier molecular flexibility index (Phi) is 4.38. The summed E-state index contributed by atoms with van der Waals surface area (Å²) in [6.07, 6.45) is 1.65. The average molecular weight is 311 g/mol. The lowest BCUT2D eigenvalue weighted by Gasteiger charge is -2.28. The van der Waals surface area contributed by atoms with Crippen molar-refractivity contribution in [3.8, 4) is 0 Å². The number of aryl methyl sites for hydroxylation is 1. The molecule has 2 aromatic rings. The van der Waals surface area contributed by atoms with Crippen LogP contribution in [0, 0.1) is 6.92 Å². The molecule has 1 aromatic carbocycles. The number of allylic oxidation sites excluding steroid dienone is 1. The van der Waals surface area contributed by atoms with Crippen LogP contribution in [0.25, 0.3) is 10.9 Å². The molecule has 23 heavy (non-hydrogen) atoms. The summed E-state index contributed by atoms with van der Waals surface area (Å²) in [4.78, 5) is 2.17. The molecule has 1 aliphatic rings. The molecule has 0 saturated carbocycles. The molecule has 0 atom stereocenters. The molecule has 0 aliphatic carbocycles. The average Bonchev–Trinajstić information content (AvgIpc) is 2.96. The van der Waals surface area contributed by atoms with Crippen LogP contribution in [0.5, 0.6) is 0 Å². The van der Waals surface area contributed by atoms with Gasteiger partial charge in [0.25, 0.3) is 0 Å². The Morgan fingerprint density at radius 3 is 2.96 bits per heavy atom. The molecular weight excluding hydrogens is 290 g/mol. The molecule has 7 nitrogen and oxygen atoms in total. The van der Waals surface area contributed by atoms with Crippen molar-refractivity contribution in [2.75, 3.05) is 26.2 Å². The van der Waals surface area contributed by atoms with Gasteiger partial charge in [-0.1, -0.05) is 6.58 Å². The fourth-order valence-electron chi connectivity index (χ4n) is 2.55. The second-order valence-corrected chi connectivity index (χ2v) is 5.53. The molecule has 4 N–H and O–H groups in total. The van der Waals surface area contributed by atoms with E-state index in [1.807, 2.05) is 25.1 Å². The molecule has 120 valence electrons. The smallest absolute Gasteiger partial charge is 0.153 e. The van der Waals surface area contributed by atoms with E-state index in [2.05, 4.69) is 37.2 Å². The number of benzene rings is 1. The fraction of sp³-hybridized carbons (Fsp3) is 0.312. The number of fused-ring (bicyclic) bond motifs is 1. The van der Waals surface area contributed by atoms with Gasteiger partial charge in [0.15, 0.2) is 5.84 Å². The molecule has 2 heterocycles. The normalized spacial score (nSPS) is 16.4. The van der Waals surface area contributed by atoms with Crippen LogP contribution in [-0.4, -0.2) is 53.3 Å². The maximum atomic E-state index is 6.02. The number of nitrogens with zero attached hydrogens (tertiary/aromatic N) is 4. The Morgan fingerprint density at radius 1 is 1.39 bits per heavy atom. The Hall–Kier alpha value is -2.67. The zero-order valence-electron chi connectivity index (χ0n) is 13.2. The van der Waals surface area contributed by atoms with E-state index in [0.717, 1.165) is 54.0 Å². The summed E-state index contributed by atoms with van der Waals surface area (Å²) >= 11 is 0. The van der Waals surface area contributed by atoms with Gasteiger partial charge in [0.1, 0.15) is 0 Å². The van der Waals surface area contributed by atoms with Crippen LogP contribution in [0.15, 0.2) is 40.7 Å². The predicted molar refractivity (Wildman–Crippen MR) is 93.6 cm³/mol. The lowest BCUT2D eigenvalue weighted by Crippen LogP contribution is -2.42. The Balaban J connectivity index is 1.71. The standard InChI is InChI=1S/C16H21N7/c1-11(23-7-5-18-6-8-23)10-19-22-16(17)13-3-4-15-14(9-13)12(2)20-21-15/h3-4,9-10,18H,1,5-8H2,2H3,(H2,17,22)(H,20,21)/b19-10-. The third-order valence-corrected chi connectivity index (χ3v) is 3.94. The van der Waals surface area contributed by atoms with Crippen molar-refractivity contribution in [1.82, 2.24) is 20.4 Å². The molecule has 0 amide bonds. The summed E-state index contributed by atoms with van der Waals surface area (Å²) in [6.45, 7) is 9.75. The van der Waals surface area contributed by atoms with E-state index in [4.69, 9.17) is 5.73 Å². The van der Waals surface area contributed by atoms with Gasteiger partial charge >= 0.3 is 0 Å². The van der Waals surface area contributed by atoms with Gasteiger partial charge in [-0.25, -0.2) is 0 Å². The van der Waals surface area contributed by atoms with Crippen molar-refractivity contribution in [3.05, 3.63) is 41.7 Å². The van der Waals surface area contributed by atoms with Crippen LogP contribution in [0.1, 0.15) is 11.3 Å². The van der Waals surface area contributed by atoms with E-state index >= 15 is 0 Å². The molecule has 1 fully saturated rings. The van der Waals surface area contributed by atoms with Gasteiger partial charge in [-0.3, -0.25) is 5.10 Å². The van der Waals surface area contributed by atoms with Crippen LogP contribution >= 0.6 is 0 Å². The molecule has 0 radical (unpaired) electrons. The summed E-state index contributed by atoms with van der Waals surface area (Å²) in [5.74, 6) is 0.372. The number of piperazine rings is 1. The first-order valence-corrected chi connectivity index (χ1v) is 7.61. The van der Waals surface area contributed by atoms with E-state index < -0.39 is 0 Å². The lowest BCUT2D eigenvalue weighted by molar-refractivity contribution is 0.314. The van der Waals surface area contributed by atoms with Crippen molar-refractivity contribution in [3.63, 3.8) is 0 Å². The molecular formula is C16H21N7. The van der Waals surface area contributed by atoms with Gasteiger partial charge < -0.3 is 16.0 Å². The van der Waals surface area contributed by atoms with Crippen molar-refractivity contribution < 1.29 is 0 Å². The fourth-order valence-corrected chi connectivity index (χ4v) is 2.55. The van der Waals surface area contributed by atoms with Gasteiger partial charge in [-0.05, 0) is 25.1 Å². The second kappa shape index (κ2) is 6.62. The van der Waals surface area contributed by atoms with Gasteiger partial charge in [-0.2, -0.15) is 10.2 Å². The van der Waals surface area contributed by atoms with Crippen molar-refractivity contribution >= 4 is 23.0 Å². The van der Waals surface area contributed by atoms with Crippen LogP contribution in [0.4, 0.5) is 0 Å². The molecule has 1 aliphatic heterocycles. The van der Waals surface area contributed by atoms with Crippen molar-refractivity contribution in [2.45, 2.75) is 6.92 Å². The first kappa shape index (κ1) is 15.2. The predicted octanol–water partition coefficient (Wildman–Crippen LogP) is 0.981. The third-order valence-electron chi connectivity index (χ3n) is 3.94. The van der Waals surface area contributed by atoms with Crippen molar-refractivity contribution in [1.29, 1.82) is 0 Å². The van der Waals surface area contributed by atoms with E-state index in [0.29, 0.717) is 5.84 Å². The number of hydrogen-bond acceptors (Lipinski definition) is 5. The van der Waals surface area contributed by atoms with Gasteiger partial charge in [0.05, 0.1) is 17.4 Å². The quantitative estimate of drug-likeness (QED) is 0.446.